The van der Waals surface area contributed by atoms with Crippen molar-refractivity contribution in [2.75, 3.05) is 24.8 Å². The molecule has 1 atom stereocenters. The second-order valence-corrected chi connectivity index (χ2v) is 4.59. The zero-order valence-electron chi connectivity index (χ0n) is 11.8. The van der Waals surface area contributed by atoms with Gasteiger partial charge in [-0.1, -0.05) is 0 Å². The topological polar surface area (TPSA) is 98.7 Å². The molecule has 0 fully saturated rings. The molecule has 1 aliphatic heterocycles. The van der Waals surface area contributed by atoms with E-state index in [1.54, 1.807) is 6.07 Å². The smallest absolute Gasteiger partial charge is 0.297 e. The monoisotopic (exact) mass is 281 g/mol. The molecular formula is C13H19N3O4. The van der Waals surface area contributed by atoms with Crippen molar-refractivity contribution >= 4 is 23.5 Å². The zero-order valence-corrected chi connectivity index (χ0v) is 11.8. The minimum absolute atomic E-state index is 0.0799. The van der Waals surface area contributed by atoms with Gasteiger partial charge in [-0.25, -0.2) is 0 Å². The largest absolute Gasteiger partial charge is 0.471 e. The fourth-order valence-electron chi connectivity index (χ4n) is 2.22. The van der Waals surface area contributed by atoms with Crippen molar-refractivity contribution in [2.45, 2.75) is 25.8 Å². The van der Waals surface area contributed by atoms with Crippen molar-refractivity contribution in [3.63, 3.8) is 0 Å². The van der Waals surface area contributed by atoms with Gasteiger partial charge in [-0.15, -0.1) is 0 Å². The molecule has 0 spiro atoms. The average molecular weight is 281 g/mol. The molecule has 1 heterocycles. The van der Waals surface area contributed by atoms with Gasteiger partial charge in [-0.3, -0.25) is 14.9 Å². The summed E-state index contributed by atoms with van der Waals surface area (Å²) in [5.41, 5.74) is 7.70. The summed E-state index contributed by atoms with van der Waals surface area (Å²) in [5.74, 6) is 0. The molecule has 7 nitrogen and oxygen atoms in total. The molecule has 0 bridgehead atoms. The first-order chi connectivity index (χ1) is 9.43. The molecule has 1 aromatic carbocycles. The molecule has 1 unspecified atom stereocenters. The fraction of sp³-hybridized carbons (Fsp3) is 0.462. The molecular weight excluding hydrogens is 262 g/mol. The van der Waals surface area contributed by atoms with E-state index in [0.717, 1.165) is 24.1 Å². The molecule has 0 radical (unpaired) electrons. The highest BCUT2D eigenvalue weighted by Gasteiger charge is 2.28. The van der Waals surface area contributed by atoms with Crippen LogP contribution in [0, 0.1) is 10.1 Å². The summed E-state index contributed by atoms with van der Waals surface area (Å²) >= 11 is 0. The molecule has 20 heavy (non-hydrogen) atoms. The Bertz CT molecular complexity index is 505. The highest BCUT2D eigenvalue weighted by atomic mass is 16.6. The van der Waals surface area contributed by atoms with Gasteiger partial charge in [0.25, 0.3) is 12.2 Å². The van der Waals surface area contributed by atoms with Crippen molar-refractivity contribution in [3.05, 3.63) is 27.8 Å². The highest BCUT2D eigenvalue weighted by molar-refractivity contribution is 5.73. The number of hydrogen-bond acceptors (Lipinski definition) is 6. The van der Waals surface area contributed by atoms with Crippen LogP contribution >= 0.6 is 0 Å². The lowest BCUT2D eigenvalue weighted by Gasteiger charge is -2.33. The number of nitrogens with two attached hydrogens (primary N) is 1. The number of fused-ring (bicyclic) bond motifs is 1. The van der Waals surface area contributed by atoms with Crippen LogP contribution in [0.25, 0.3) is 0 Å². The van der Waals surface area contributed by atoms with Crippen molar-refractivity contribution in [1.29, 1.82) is 0 Å². The molecule has 1 aliphatic rings. The standard InChI is InChI=1S/C11H15N3O2.C2H4O2/c1-7-3-4-8-10(13(7)2)6-5-9(12)11(8)14(15)16;1-4-2-3/h5-7H,3-4,12H2,1-2H3;2H,1H3. The molecule has 1 aromatic rings. The van der Waals surface area contributed by atoms with E-state index in [4.69, 9.17) is 10.5 Å². The summed E-state index contributed by atoms with van der Waals surface area (Å²) in [6, 6.07) is 3.90. The predicted octanol–water partition coefficient (Wildman–Crippen LogP) is 1.74. The molecule has 2 N–H and O–H groups in total. The predicted molar refractivity (Wildman–Crippen MR) is 76.8 cm³/mol. The van der Waals surface area contributed by atoms with Gasteiger partial charge in [0.2, 0.25) is 0 Å². The van der Waals surface area contributed by atoms with E-state index in [1.165, 1.54) is 7.11 Å². The molecule has 110 valence electrons. The number of rotatable bonds is 2. The highest BCUT2D eigenvalue weighted by Crippen LogP contribution is 2.38. The lowest BCUT2D eigenvalue weighted by Crippen LogP contribution is -2.33. The van der Waals surface area contributed by atoms with Crippen LogP contribution in [0.3, 0.4) is 0 Å². The summed E-state index contributed by atoms with van der Waals surface area (Å²) in [6.45, 7) is 2.49. The lowest BCUT2D eigenvalue weighted by molar-refractivity contribution is -0.384. The summed E-state index contributed by atoms with van der Waals surface area (Å²) < 4.78 is 3.86. The average Bonchev–Trinajstić information content (AvgIpc) is 2.42. The number of carbonyl (C=O) groups excluding carboxylic acids is 1. The van der Waals surface area contributed by atoms with Crippen molar-refractivity contribution in [3.8, 4) is 0 Å². The van der Waals surface area contributed by atoms with E-state index in [0.29, 0.717) is 12.5 Å². The third-order valence-electron chi connectivity index (χ3n) is 3.42. The third kappa shape index (κ3) is 3.17. The number of nitrogen functional groups attached to an aromatic ring is 1. The van der Waals surface area contributed by atoms with Gasteiger partial charge < -0.3 is 15.4 Å². The van der Waals surface area contributed by atoms with E-state index in [-0.39, 0.29) is 16.3 Å². The molecule has 0 saturated carbocycles. The normalized spacial score (nSPS) is 16.6. The molecule has 0 amide bonds. The van der Waals surface area contributed by atoms with Gasteiger partial charge in [0.05, 0.1) is 17.6 Å². The lowest BCUT2D eigenvalue weighted by atomic mass is 9.95. The van der Waals surface area contributed by atoms with Gasteiger partial charge in [0.15, 0.2) is 0 Å². The summed E-state index contributed by atoms with van der Waals surface area (Å²) in [7, 11) is 3.27. The fourth-order valence-corrected chi connectivity index (χ4v) is 2.22. The van der Waals surface area contributed by atoms with Crippen LogP contribution in [-0.4, -0.2) is 31.6 Å². The molecule has 0 saturated heterocycles. The van der Waals surface area contributed by atoms with Gasteiger partial charge in [-0.2, -0.15) is 0 Å². The van der Waals surface area contributed by atoms with Gasteiger partial charge >= 0.3 is 0 Å². The number of nitro benzene ring substituents is 1. The van der Waals surface area contributed by atoms with E-state index in [1.807, 2.05) is 13.1 Å². The Balaban J connectivity index is 0.000000444. The summed E-state index contributed by atoms with van der Waals surface area (Å²) in [4.78, 5) is 21.6. The van der Waals surface area contributed by atoms with Crippen molar-refractivity contribution in [2.24, 2.45) is 0 Å². The maximum absolute atomic E-state index is 11.0. The molecule has 7 heteroatoms. The SMILES string of the molecule is CC1CCc2c(ccc(N)c2[N+](=O)[O-])N1C.COC=O. The second-order valence-electron chi connectivity index (χ2n) is 4.59. The summed E-state index contributed by atoms with van der Waals surface area (Å²) in [6.07, 6.45) is 1.65. The Kier molecular flexibility index (Phi) is 5.31. The Hall–Kier alpha value is -2.31. The van der Waals surface area contributed by atoms with Crippen LogP contribution in [-0.2, 0) is 16.0 Å². The Labute approximate surface area is 117 Å². The number of ether oxygens (including phenoxy) is 1. The van der Waals surface area contributed by atoms with Crippen LogP contribution in [0.2, 0.25) is 0 Å². The third-order valence-corrected chi connectivity index (χ3v) is 3.42. The van der Waals surface area contributed by atoms with Crippen molar-refractivity contribution < 1.29 is 14.5 Å². The number of hydrogen-bond donors (Lipinski definition) is 1. The van der Waals surface area contributed by atoms with Gasteiger partial charge in [0.1, 0.15) is 5.69 Å². The Morgan fingerprint density at radius 1 is 1.55 bits per heavy atom. The number of carbonyl (C=O) groups is 1. The molecule has 0 aliphatic carbocycles. The van der Waals surface area contributed by atoms with Crippen LogP contribution in [0.1, 0.15) is 18.9 Å². The minimum Gasteiger partial charge on any atom is -0.471 e. The maximum Gasteiger partial charge on any atom is 0.297 e. The first-order valence-corrected chi connectivity index (χ1v) is 6.19. The van der Waals surface area contributed by atoms with Gasteiger partial charge in [0, 0.05) is 18.8 Å². The van der Waals surface area contributed by atoms with Crippen LogP contribution in [0.4, 0.5) is 17.1 Å². The Morgan fingerprint density at radius 2 is 2.15 bits per heavy atom. The zero-order chi connectivity index (χ0) is 15.3. The van der Waals surface area contributed by atoms with Crippen molar-refractivity contribution in [1.82, 2.24) is 0 Å². The number of nitro groups is 1. The first kappa shape index (κ1) is 15.7. The number of anilines is 2. The van der Waals surface area contributed by atoms with Crippen LogP contribution in [0.5, 0.6) is 0 Å². The number of methoxy groups -OCH3 is 1. The number of nitrogens with zero attached hydrogens (tertiary/aromatic N) is 2. The van der Waals surface area contributed by atoms with E-state index >= 15 is 0 Å². The number of benzene rings is 1. The first-order valence-electron chi connectivity index (χ1n) is 6.19. The van der Waals surface area contributed by atoms with E-state index in [2.05, 4.69) is 16.6 Å². The second kappa shape index (κ2) is 6.74. The van der Waals surface area contributed by atoms with Crippen LogP contribution < -0.4 is 10.6 Å². The summed E-state index contributed by atoms with van der Waals surface area (Å²) in [5, 5.41) is 11.0. The molecule has 0 aromatic heterocycles. The van der Waals surface area contributed by atoms with E-state index < -0.39 is 0 Å². The Morgan fingerprint density at radius 3 is 2.65 bits per heavy atom. The molecule has 2 rings (SSSR count). The van der Waals surface area contributed by atoms with E-state index in [9.17, 15) is 10.1 Å². The maximum atomic E-state index is 11.0. The van der Waals surface area contributed by atoms with Gasteiger partial charge in [-0.05, 0) is 31.9 Å². The van der Waals surface area contributed by atoms with Crippen LogP contribution in [0.15, 0.2) is 12.1 Å². The quantitative estimate of drug-likeness (QED) is 0.383. The minimum atomic E-state index is -0.377.